The smallest absolute Gasteiger partial charge is 0.270 e. The molecule has 142 valence electrons. The summed E-state index contributed by atoms with van der Waals surface area (Å²) < 4.78 is 5.15. The van der Waals surface area contributed by atoms with E-state index in [0.717, 1.165) is 36.4 Å². The molecule has 0 atom stereocenters. The third-order valence-corrected chi connectivity index (χ3v) is 4.84. The number of nitrogens with zero attached hydrogens (tertiary/aromatic N) is 3. The monoisotopic (exact) mass is 374 g/mol. The lowest BCUT2D eigenvalue weighted by atomic mass is 10.0. The number of hydrogen-bond acceptors (Lipinski definition) is 5. The van der Waals surface area contributed by atoms with Crippen LogP contribution in [0, 0.1) is 0 Å². The fourth-order valence-electron chi connectivity index (χ4n) is 3.36. The van der Waals surface area contributed by atoms with Crippen molar-refractivity contribution in [1.29, 1.82) is 0 Å². The van der Waals surface area contributed by atoms with Crippen molar-refractivity contribution < 1.29 is 9.53 Å². The van der Waals surface area contributed by atoms with Crippen LogP contribution in [-0.2, 0) is 13.0 Å². The number of hydrogen-bond donors (Lipinski definition) is 1. The highest BCUT2D eigenvalue weighted by Gasteiger charge is 2.20. The first-order chi connectivity index (χ1) is 13.7. The van der Waals surface area contributed by atoms with Gasteiger partial charge in [-0.25, -0.2) is 9.97 Å². The zero-order valence-corrected chi connectivity index (χ0v) is 15.8. The van der Waals surface area contributed by atoms with E-state index in [4.69, 9.17) is 4.74 Å². The normalized spacial score (nSPS) is 13.0. The highest BCUT2D eigenvalue weighted by Crippen LogP contribution is 2.31. The summed E-state index contributed by atoms with van der Waals surface area (Å²) in [7, 11) is 1.63. The van der Waals surface area contributed by atoms with E-state index in [9.17, 15) is 4.79 Å². The quantitative estimate of drug-likeness (QED) is 0.740. The lowest BCUT2D eigenvalue weighted by molar-refractivity contribution is 0.0946. The molecule has 6 heteroatoms. The second-order valence-electron chi connectivity index (χ2n) is 6.66. The maximum Gasteiger partial charge on any atom is 0.270 e. The number of para-hydroxylation sites is 1. The Bertz CT molecular complexity index is 972. The van der Waals surface area contributed by atoms with E-state index < -0.39 is 0 Å². The van der Waals surface area contributed by atoms with Crippen molar-refractivity contribution in [2.75, 3.05) is 18.6 Å². The molecule has 2 aromatic carbocycles. The highest BCUT2D eigenvalue weighted by molar-refractivity contribution is 5.92. The SMILES string of the molecule is COc1ccc(CNC(=O)c2ccnc(N3CCCc4ccccc43)n2)cc1. The van der Waals surface area contributed by atoms with Crippen LogP contribution in [0.25, 0.3) is 0 Å². The molecule has 1 aromatic heterocycles. The van der Waals surface area contributed by atoms with Crippen molar-refractivity contribution in [3.8, 4) is 5.75 Å². The number of aromatic nitrogens is 2. The molecule has 0 aliphatic carbocycles. The summed E-state index contributed by atoms with van der Waals surface area (Å²) in [5.41, 5.74) is 3.76. The molecule has 0 saturated carbocycles. The molecule has 1 N–H and O–H groups in total. The van der Waals surface area contributed by atoms with E-state index in [1.54, 1.807) is 19.4 Å². The molecule has 1 amide bonds. The minimum Gasteiger partial charge on any atom is -0.497 e. The van der Waals surface area contributed by atoms with Gasteiger partial charge in [0.15, 0.2) is 0 Å². The number of anilines is 2. The molecule has 0 bridgehead atoms. The number of rotatable bonds is 5. The van der Waals surface area contributed by atoms with E-state index in [1.807, 2.05) is 36.4 Å². The van der Waals surface area contributed by atoms with Crippen LogP contribution in [-0.4, -0.2) is 29.5 Å². The van der Waals surface area contributed by atoms with E-state index in [0.29, 0.717) is 18.2 Å². The van der Waals surface area contributed by atoms with E-state index in [-0.39, 0.29) is 5.91 Å². The van der Waals surface area contributed by atoms with E-state index >= 15 is 0 Å². The Kier molecular flexibility index (Phi) is 5.19. The van der Waals surface area contributed by atoms with Crippen LogP contribution in [0.2, 0.25) is 0 Å². The number of carbonyl (C=O) groups is 1. The average Bonchev–Trinajstić information content (AvgIpc) is 2.77. The fraction of sp³-hybridized carbons (Fsp3) is 0.227. The minimum atomic E-state index is -0.218. The van der Waals surface area contributed by atoms with Crippen LogP contribution in [0.15, 0.2) is 60.8 Å². The highest BCUT2D eigenvalue weighted by atomic mass is 16.5. The van der Waals surface area contributed by atoms with Gasteiger partial charge in [-0.15, -0.1) is 0 Å². The van der Waals surface area contributed by atoms with Crippen molar-refractivity contribution in [2.24, 2.45) is 0 Å². The molecule has 0 spiro atoms. The average molecular weight is 374 g/mol. The molecular weight excluding hydrogens is 352 g/mol. The van der Waals surface area contributed by atoms with Gasteiger partial charge in [0.25, 0.3) is 5.91 Å². The summed E-state index contributed by atoms with van der Waals surface area (Å²) in [5.74, 6) is 1.13. The van der Waals surface area contributed by atoms with Crippen LogP contribution in [0.5, 0.6) is 5.75 Å². The Morgan fingerprint density at radius 3 is 2.79 bits per heavy atom. The van der Waals surface area contributed by atoms with Crippen LogP contribution in [0.1, 0.15) is 28.0 Å². The molecule has 0 fully saturated rings. The Morgan fingerprint density at radius 1 is 1.14 bits per heavy atom. The van der Waals surface area contributed by atoms with Crippen molar-refractivity contribution >= 4 is 17.5 Å². The van der Waals surface area contributed by atoms with E-state index in [2.05, 4.69) is 32.3 Å². The van der Waals surface area contributed by atoms with Crippen LogP contribution < -0.4 is 15.0 Å². The van der Waals surface area contributed by atoms with Gasteiger partial charge in [-0.3, -0.25) is 4.79 Å². The first-order valence-corrected chi connectivity index (χ1v) is 9.34. The summed E-state index contributed by atoms with van der Waals surface area (Å²) in [4.78, 5) is 23.6. The van der Waals surface area contributed by atoms with E-state index in [1.165, 1.54) is 5.56 Å². The fourth-order valence-corrected chi connectivity index (χ4v) is 3.36. The molecule has 1 aliphatic heterocycles. The minimum absolute atomic E-state index is 0.218. The van der Waals surface area contributed by atoms with Gasteiger partial charge < -0.3 is 15.0 Å². The number of aryl methyl sites for hydroxylation is 1. The van der Waals surface area contributed by atoms with Crippen LogP contribution >= 0.6 is 0 Å². The van der Waals surface area contributed by atoms with Gasteiger partial charge in [-0.05, 0) is 48.2 Å². The molecule has 0 unspecified atom stereocenters. The standard InChI is InChI=1S/C22H22N4O2/c1-28-18-10-8-16(9-11-18)15-24-21(27)19-12-13-23-22(25-19)26-14-4-6-17-5-2-3-7-20(17)26/h2-3,5,7-13H,4,6,14-15H2,1H3,(H,24,27). The number of benzene rings is 2. The summed E-state index contributed by atoms with van der Waals surface area (Å²) in [6, 6.07) is 17.5. The molecule has 6 nitrogen and oxygen atoms in total. The van der Waals surface area contributed by atoms with Crippen molar-refractivity contribution in [1.82, 2.24) is 15.3 Å². The molecule has 28 heavy (non-hydrogen) atoms. The first-order valence-electron chi connectivity index (χ1n) is 9.34. The summed E-state index contributed by atoms with van der Waals surface area (Å²) in [6.45, 7) is 1.27. The number of nitrogens with one attached hydrogen (secondary N) is 1. The topological polar surface area (TPSA) is 67.3 Å². The molecule has 0 radical (unpaired) electrons. The van der Waals surface area contributed by atoms with Crippen LogP contribution in [0.3, 0.4) is 0 Å². The van der Waals surface area contributed by atoms with Crippen molar-refractivity contribution in [2.45, 2.75) is 19.4 Å². The summed E-state index contributed by atoms with van der Waals surface area (Å²) in [6.07, 6.45) is 3.73. The van der Waals surface area contributed by atoms with Gasteiger partial charge in [0.1, 0.15) is 11.4 Å². The van der Waals surface area contributed by atoms with Gasteiger partial charge in [0.05, 0.1) is 7.11 Å². The number of amides is 1. The molecule has 0 saturated heterocycles. The third-order valence-electron chi connectivity index (χ3n) is 4.84. The molecule has 3 aromatic rings. The Labute approximate surface area is 164 Å². The molecule has 1 aliphatic rings. The number of fused-ring (bicyclic) bond motifs is 1. The Balaban J connectivity index is 1.48. The lowest BCUT2D eigenvalue weighted by Gasteiger charge is -2.29. The first kappa shape index (κ1) is 18.0. The zero-order valence-electron chi connectivity index (χ0n) is 15.8. The van der Waals surface area contributed by atoms with Gasteiger partial charge in [-0.1, -0.05) is 30.3 Å². The number of carbonyl (C=O) groups excluding carboxylic acids is 1. The molecular formula is C22H22N4O2. The molecule has 4 rings (SSSR count). The number of methoxy groups -OCH3 is 1. The van der Waals surface area contributed by atoms with Crippen LogP contribution in [0.4, 0.5) is 11.6 Å². The van der Waals surface area contributed by atoms with Gasteiger partial charge in [0.2, 0.25) is 5.95 Å². The predicted molar refractivity (Wildman–Crippen MR) is 108 cm³/mol. The van der Waals surface area contributed by atoms with Gasteiger partial charge in [-0.2, -0.15) is 0 Å². The zero-order chi connectivity index (χ0) is 19.3. The van der Waals surface area contributed by atoms with Gasteiger partial charge in [0, 0.05) is 25.0 Å². The molecule has 2 heterocycles. The maximum absolute atomic E-state index is 12.6. The largest absolute Gasteiger partial charge is 0.497 e. The lowest BCUT2D eigenvalue weighted by Crippen LogP contribution is -2.28. The Hall–Kier alpha value is -3.41. The van der Waals surface area contributed by atoms with Gasteiger partial charge >= 0.3 is 0 Å². The maximum atomic E-state index is 12.6. The van der Waals surface area contributed by atoms with Crippen molar-refractivity contribution in [3.05, 3.63) is 77.6 Å². The summed E-state index contributed by atoms with van der Waals surface area (Å²) in [5, 5.41) is 2.91. The predicted octanol–water partition coefficient (Wildman–Crippen LogP) is 3.50. The summed E-state index contributed by atoms with van der Waals surface area (Å²) >= 11 is 0. The second-order valence-corrected chi connectivity index (χ2v) is 6.66. The van der Waals surface area contributed by atoms with Crippen molar-refractivity contribution in [3.63, 3.8) is 0 Å². The number of ether oxygens (including phenoxy) is 1. The third kappa shape index (κ3) is 3.81. The Morgan fingerprint density at radius 2 is 1.96 bits per heavy atom. The second kappa shape index (κ2) is 8.08.